The van der Waals surface area contributed by atoms with Gasteiger partial charge < -0.3 is 10.2 Å². The minimum atomic E-state index is 0.883. The van der Waals surface area contributed by atoms with Crippen molar-refractivity contribution in [2.75, 3.05) is 32.7 Å². The molecule has 1 N–H and O–H groups in total. The molecule has 2 nitrogen and oxygen atoms in total. The minimum absolute atomic E-state index is 0.883. The average Bonchev–Trinajstić information content (AvgIpc) is 2.84. The quantitative estimate of drug-likeness (QED) is 0.783. The van der Waals surface area contributed by atoms with Gasteiger partial charge >= 0.3 is 0 Å². The Morgan fingerprint density at radius 1 is 1.12 bits per heavy atom. The van der Waals surface area contributed by atoms with Crippen LogP contribution < -0.4 is 5.32 Å². The zero-order valence-electron chi connectivity index (χ0n) is 10.3. The van der Waals surface area contributed by atoms with Crippen LogP contribution in [0.4, 0.5) is 0 Å². The molecule has 0 saturated carbocycles. The van der Waals surface area contributed by atoms with E-state index >= 15 is 0 Å². The van der Waals surface area contributed by atoms with E-state index in [4.69, 9.17) is 11.6 Å². The van der Waals surface area contributed by atoms with Gasteiger partial charge in [0.05, 0.1) is 0 Å². The van der Waals surface area contributed by atoms with E-state index in [1.54, 1.807) is 0 Å². The van der Waals surface area contributed by atoms with Crippen molar-refractivity contribution < 1.29 is 0 Å². The lowest BCUT2D eigenvalue weighted by Gasteiger charge is -2.14. The third kappa shape index (κ3) is 4.30. The molecule has 1 saturated heterocycles. The second-order valence-corrected chi connectivity index (χ2v) is 5.05. The minimum Gasteiger partial charge on any atom is -0.315 e. The molecular weight excluding hydrogens is 232 g/mol. The summed E-state index contributed by atoms with van der Waals surface area (Å²) in [5, 5.41) is 4.37. The smallest absolute Gasteiger partial charge is 0.0438 e. The van der Waals surface area contributed by atoms with Gasteiger partial charge in [-0.15, -0.1) is 0 Å². The molecular formula is C14H21ClN2. The van der Waals surface area contributed by atoms with Crippen molar-refractivity contribution in [3.05, 3.63) is 34.9 Å². The van der Waals surface area contributed by atoms with Gasteiger partial charge in [-0.2, -0.15) is 0 Å². The average molecular weight is 253 g/mol. The Hall–Kier alpha value is -0.570. The van der Waals surface area contributed by atoms with Crippen LogP contribution in [-0.4, -0.2) is 37.6 Å². The van der Waals surface area contributed by atoms with Crippen molar-refractivity contribution in [1.29, 1.82) is 0 Å². The van der Waals surface area contributed by atoms with Gasteiger partial charge in [-0.3, -0.25) is 0 Å². The van der Waals surface area contributed by atoms with Crippen LogP contribution in [0.2, 0.25) is 5.02 Å². The maximum absolute atomic E-state index is 6.10. The van der Waals surface area contributed by atoms with Crippen LogP contribution in [0.25, 0.3) is 0 Å². The van der Waals surface area contributed by atoms with Crippen LogP contribution in [0.1, 0.15) is 18.4 Å². The third-order valence-electron chi connectivity index (χ3n) is 3.33. The summed E-state index contributed by atoms with van der Waals surface area (Å²) in [5.74, 6) is 0. The summed E-state index contributed by atoms with van der Waals surface area (Å²) < 4.78 is 0. The highest BCUT2D eigenvalue weighted by molar-refractivity contribution is 6.31. The molecule has 0 aliphatic carbocycles. The molecule has 0 radical (unpaired) electrons. The molecule has 1 aliphatic rings. The van der Waals surface area contributed by atoms with Crippen LogP contribution in [0.15, 0.2) is 24.3 Å². The largest absolute Gasteiger partial charge is 0.315 e. The van der Waals surface area contributed by atoms with E-state index in [1.807, 2.05) is 18.2 Å². The molecule has 0 bridgehead atoms. The molecule has 94 valence electrons. The van der Waals surface area contributed by atoms with Crippen LogP contribution >= 0.6 is 11.6 Å². The van der Waals surface area contributed by atoms with Crippen molar-refractivity contribution in [2.45, 2.75) is 19.3 Å². The Balaban J connectivity index is 1.58. The summed E-state index contributed by atoms with van der Waals surface area (Å²) in [4.78, 5) is 2.53. The maximum Gasteiger partial charge on any atom is 0.0438 e. The Kier molecular flexibility index (Phi) is 5.30. The predicted molar refractivity (Wildman–Crippen MR) is 73.7 cm³/mol. The first-order chi connectivity index (χ1) is 8.36. The lowest BCUT2D eigenvalue weighted by atomic mass is 10.1. The van der Waals surface area contributed by atoms with E-state index in [0.29, 0.717) is 0 Å². The van der Waals surface area contributed by atoms with Gasteiger partial charge in [0.2, 0.25) is 0 Å². The van der Waals surface area contributed by atoms with E-state index in [9.17, 15) is 0 Å². The molecule has 1 fully saturated rings. The molecule has 1 heterocycles. The summed E-state index contributed by atoms with van der Waals surface area (Å²) in [7, 11) is 0. The van der Waals surface area contributed by atoms with Gasteiger partial charge in [0.1, 0.15) is 0 Å². The summed E-state index contributed by atoms with van der Waals surface area (Å²) in [6.07, 6.45) is 3.76. The van der Waals surface area contributed by atoms with E-state index in [2.05, 4.69) is 16.3 Å². The van der Waals surface area contributed by atoms with Crippen LogP contribution in [0.5, 0.6) is 0 Å². The van der Waals surface area contributed by atoms with Crippen molar-refractivity contribution in [3.63, 3.8) is 0 Å². The monoisotopic (exact) mass is 252 g/mol. The highest BCUT2D eigenvalue weighted by Gasteiger charge is 2.09. The Labute approximate surface area is 109 Å². The van der Waals surface area contributed by atoms with Crippen molar-refractivity contribution >= 4 is 11.6 Å². The predicted octanol–water partition coefficient (Wildman–Crippen LogP) is 2.57. The SMILES string of the molecule is Clc1ccccc1CCNCCN1CCCC1. The molecule has 1 aliphatic heterocycles. The zero-order chi connectivity index (χ0) is 11.9. The number of benzene rings is 1. The molecule has 1 aromatic carbocycles. The first kappa shape index (κ1) is 12.9. The fraction of sp³-hybridized carbons (Fsp3) is 0.571. The molecule has 17 heavy (non-hydrogen) atoms. The Morgan fingerprint density at radius 3 is 2.65 bits per heavy atom. The maximum atomic E-state index is 6.10. The summed E-state index contributed by atoms with van der Waals surface area (Å²) in [5.41, 5.74) is 1.24. The highest BCUT2D eigenvalue weighted by atomic mass is 35.5. The number of nitrogens with one attached hydrogen (secondary N) is 1. The molecule has 0 unspecified atom stereocenters. The number of halogens is 1. The Morgan fingerprint density at radius 2 is 1.88 bits per heavy atom. The fourth-order valence-corrected chi connectivity index (χ4v) is 2.52. The molecule has 0 aromatic heterocycles. The number of likely N-dealkylation sites (tertiary alicyclic amines) is 1. The van der Waals surface area contributed by atoms with Gasteiger partial charge in [0.25, 0.3) is 0 Å². The second-order valence-electron chi connectivity index (χ2n) is 4.64. The fourth-order valence-electron chi connectivity index (χ4n) is 2.29. The lowest BCUT2D eigenvalue weighted by molar-refractivity contribution is 0.336. The molecule has 0 spiro atoms. The van der Waals surface area contributed by atoms with Gasteiger partial charge in [-0.1, -0.05) is 29.8 Å². The van der Waals surface area contributed by atoms with Crippen molar-refractivity contribution in [1.82, 2.24) is 10.2 Å². The number of hydrogen-bond donors (Lipinski definition) is 1. The molecule has 2 rings (SSSR count). The van der Waals surface area contributed by atoms with Crippen LogP contribution in [0.3, 0.4) is 0 Å². The van der Waals surface area contributed by atoms with E-state index in [0.717, 1.165) is 24.5 Å². The summed E-state index contributed by atoms with van der Waals surface area (Å²) >= 11 is 6.10. The summed E-state index contributed by atoms with van der Waals surface area (Å²) in [6, 6.07) is 8.09. The van der Waals surface area contributed by atoms with Crippen LogP contribution in [-0.2, 0) is 6.42 Å². The lowest BCUT2D eigenvalue weighted by Crippen LogP contribution is -2.30. The van der Waals surface area contributed by atoms with E-state index in [1.165, 1.54) is 38.0 Å². The normalized spacial score (nSPS) is 16.5. The Bertz CT molecular complexity index is 335. The van der Waals surface area contributed by atoms with Gasteiger partial charge in [0, 0.05) is 18.1 Å². The number of rotatable bonds is 6. The van der Waals surface area contributed by atoms with Crippen molar-refractivity contribution in [3.8, 4) is 0 Å². The van der Waals surface area contributed by atoms with Crippen molar-refractivity contribution in [2.24, 2.45) is 0 Å². The molecule has 1 aromatic rings. The summed E-state index contributed by atoms with van der Waals surface area (Å²) in [6.45, 7) is 5.85. The van der Waals surface area contributed by atoms with Gasteiger partial charge in [0.15, 0.2) is 0 Å². The second kappa shape index (κ2) is 7.00. The van der Waals surface area contributed by atoms with Gasteiger partial charge in [-0.05, 0) is 50.5 Å². The zero-order valence-corrected chi connectivity index (χ0v) is 11.0. The highest BCUT2D eigenvalue weighted by Crippen LogP contribution is 2.14. The molecule has 3 heteroatoms. The number of nitrogens with zero attached hydrogens (tertiary/aromatic N) is 1. The third-order valence-corrected chi connectivity index (χ3v) is 3.70. The van der Waals surface area contributed by atoms with E-state index in [-0.39, 0.29) is 0 Å². The standard InChI is InChI=1S/C14H21ClN2/c15-14-6-2-1-5-13(14)7-8-16-9-12-17-10-3-4-11-17/h1-2,5-6,16H,3-4,7-12H2. The first-order valence-corrected chi connectivity index (χ1v) is 6.90. The van der Waals surface area contributed by atoms with Crippen LogP contribution in [0, 0.1) is 0 Å². The van der Waals surface area contributed by atoms with Gasteiger partial charge in [-0.25, -0.2) is 0 Å². The van der Waals surface area contributed by atoms with E-state index < -0.39 is 0 Å². The first-order valence-electron chi connectivity index (χ1n) is 6.53. The number of hydrogen-bond acceptors (Lipinski definition) is 2. The molecule has 0 atom stereocenters. The topological polar surface area (TPSA) is 15.3 Å². The molecule has 0 amide bonds.